The van der Waals surface area contributed by atoms with Gasteiger partial charge in [0.1, 0.15) is 0 Å². The average Bonchev–Trinajstić information content (AvgIpc) is 2.47. The maximum atomic E-state index is 12.3. The van der Waals surface area contributed by atoms with Crippen molar-refractivity contribution in [3.8, 4) is 6.07 Å². The molecular formula is C14H14N4O. The van der Waals surface area contributed by atoms with Crippen LogP contribution in [0.5, 0.6) is 0 Å². The Balaban J connectivity index is 2.27. The van der Waals surface area contributed by atoms with E-state index in [1.165, 1.54) is 0 Å². The summed E-state index contributed by atoms with van der Waals surface area (Å²) in [5, 5.41) is 8.60. The first kappa shape index (κ1) is 13.0. The molecule has 1 aromatic heterocycles. The van der Waals surface area contributed by atoms with Gasteiger partial charge in [-0.25, -0.2) is 0 Å². The lowest BCUT2D eigenvalue weighted by Crippen LogP contribution is -2.31. The third-order valence-corrected chi connectivity index (χ3v) is 2.88. The van der Waals surface area contributed by atoms with E-state index in [9.17, 15) is 4.79 Å². The smallest absolute Gasteiger partial charge is 0.253 e. The zero-order chi connectivity index (χ0) is 13.7. The summed E-state index contributed by atoms with van der Waals surface area (Å²) < 4.78 is 0. The topological polar surface area (TPSA) is 69.9 Å². The minimum Gasteiger partial charge on any atom is -0.338 e. The van der Waals surface area contributed by atoms with Crippen LogP contribution >= 0.6 is 0 Å². The molecule has 0 spiro atoms. The Morgan fingerprint density at radius 2 is 2.05 bits per heavy atom. The Kier molecular flexibility index (Phi) is 4.04. The number of aromatic nitrogens is 2. The molecule has 5 nitrogen and oxygen atoms in total. The second-order valence-electron chi connectivity index (χ2n) is 4.05. The van der Waals surface area contributed by atoms with Gasteiger partial charge in [0.15, 0.2) is 0 Å². The summed E-state index contributed by atoms with van der Waals surface area (Å²) in [6.45, 7) is 2.93. The maximum Gasteiger partial charge on any atom is 0.253 e. The standard InChI is InChI=1S/C14H14N4O/c1-2-18(9-3-6-15)14(19)11-4-5-12-13(10-11)17-8-7-16-12/h4-5,7-8,10H,2-3,9H2,1H3. The minimum absolute atomic E-state index is 0.0784. The van der Waals surface area contributed by atoms with Crippen molar-refractivity contribution < 1.29 is 4.79 Å². The Hall–Kier alpha value is -2.48. The van der Waals surface area contributed by atoms with Gasteiger partial charge in [-0.2, -0.15) is 5.26 Å². The fourth-order valence-electron chi connectivity index (χ4n) is 1.87. The van der Waals surface area contributed by atoms with Crippen molar-refractivity contribution in [1.82, 2.24) is 14.9 Å². The van der Waals surface area contributed by atoms with Crippen LogP contribution in [0.25, 0.3) is 11.0 Å². The van der Waals surface area contributed by atoms with Gasteiger partial charge < -0.3 is 4.90 Å². The molecule has 0 saturated heterocycles. The first-order valence-electron chi connectivity index (χ1n) is 6.13. The van der Waals surface area contributed by atoms with Gasteiger partial charge in [-0.15, -0.1) is 0 Å². The van der Waals surface area contributed by atoms with E-state index < -0.39 is 0 Å². The Morgan fingerprint density at radius 1 is 1.32 bits per heavy atom. The summed E-state index contributed by atoms with van der Waals surface area (Å²) in [5.74, 6) is -0.0784. The van der Waals surface area contributed by atoms with Crippen LogP contribution in [0.2, 0.25) is 0 Å². The van der Waals surface area contributed by atoms with Crippen LogP contribution in [0.15, 0.2) is 30.6 Å². The lowest BCUT2D eigenvalue weighted by molar-refractivity contribution is 0.0768. The summed E-state index contributed by atoms with van der Waals surface area (Å²) >= 11 is 0. The van der Waals surface area contributed by atoms with Crippen molar-refractivity contribution in [2.45, 2.75) is 13.3 Å². The van der Waals surface area contributed by atoms with Crippen LogP contribution in [-0.2, 0) is 0 Å². The van der Waals surface area contributed by atoms with Crippen molar-refractivity contribution in [1.29, 1.82) is 5.26 Å². The number of carbonyl (C=O) groups excluding carboxylic acids is 1. The van der Waals surface area contributed by atoms with Gasteiger partial charge in [0.05, 0.1) is 23.5 Å². The van der Waals surface area contributed by atoms with Crippen molar-refractivity contribution in [2.24, 2.45) is 0 Å². The van der Waals surface area contributed by atoms with Gasteiger partial charge in [0.25, 0.3) is 5.91 Å². The average molecular weight is 254 g/mol. The van der Waals surface area contributed by atoms with Crippen LogP contribution in [0.4, 0.5) is 0 Å². The van der Waals surface area contributed by atoms with E-state index in [0.717, 1.165) is 5.52 Å². The lowest BCUT2D eigenvalue weighted by atomic mass is 10.1. The number of nitriles is 1. The SMILES string of the molecule is CCN(CCC#N)C(=O)c1ccc2nccnc2c1. The van der Waals surface area contributed by atoms with Gasteiger partial charge in [-0.05, 0) is 25.1 Å². The van der Waals surface area contributed by atoms with Crippen molar-refractivity contribution in [3.05, 3.63) is 36.2 Å². The summed E-state index contributed by atoms with van der Waals surface area (Å²) in [5.41, 5.74) is 2.04. The molecule has 1 aromatic carbocycles. The van der Waals surface area contributed by atoms with Crippen LogP contribution < -0.4 is 0 Å². The van der Waals surface area contributed by atoms with Crippen LogP contribution in [0.3, 0.4) is 0 Å². The fourth-order valence-corrected chi connectivity index (χ4v) is 1.87. The summed E-state index contributed by atoms with van der Waals surface area (Å²) in [6.07, 6.45) is 3.56. The molecule has 0 aliphatic rings. The minimum atomic E-state index is -0.0784. The Bertz CT molecular complexity index is 633. The molecule has 2 rings (SSSR count). The molecule has 0 saturated carbocycles. The number of hydrogen-bond donors (Lipinski definition) is 0. The predicted octanol–water partition coefficient (Wildman–Crippen LogP) is 2.01. The quantitative estimate of drug-likeness (QED) is 0.836. The highest BCUT2D eigenvalue weighted by molar-refractivity contribution is 5.97. The van der Waals surface area contributed by atoms with E-state index in [1.807, 2.05) is 6.92 Å². The third-order valence-electron chi connectivity index (χ3n) is 2.88. The molecule has 5 heteroatoms. The van der Waals surface area contributed by atoms with Crippen molar-refractivity contribution in [3.63, 3.8) is 0 Å². The first-order chi connectivity index (χ1) is 9.26. The number of benzene rings is 1. The molecule has 0 aliphatic heterocycles. The van der Waals surface area contributed by atoms with Gasteiger partial charge in [-0.1, -0.05) is 0 Å². The molecule has 0 fully saturated rings. The van der Waals surface area contributed by atoms with Gasteiger partial charge >= 0.3 is 0 Å². The monoisotopic (exact) mass is 254 g/mol. The summed E-state index contributed by atoms with van der Waals surface area (Å²) in [6, 6.07) is 7.32. The van der Waals surface area contributed by atoms with E-state index in [-0.39, 0.29) is 5.91 Å². The molecule has 2 aromatic rings. The number of fused-ring (bicyclic) bond motifs is 1. The molecule has 0 bridgehead atoms. The van der Waals surface area contributed by atoms with E-state index in [0.29, 0.717) is 30.6 Å². The third kappa shape index (κ3) is 2.86. The van der Waals surface area contributed by atoms with Crippen LogP contribution in [0.1, 0.15) is 23.7 Å². The van der Waals surface area contributed by atoms with Crippen LogP contribution in [0, 0.1) is 11.3 Å². The summed E-state index contributed by atoms with van der Waals surface area (Å²) in [7, 11) is 0. The first-order valence-corrected chi connectivity index (χ1v) is 6.13. The Labute approximate surface area is 111 Å². The molecule has 0 unspecified atom stereocenters. The molecule has 1 amide bonds. The van der Waals surface area contributed by atoms with Crippen molar-refractivity contribution in [2.75, 3.05) is 13.1 Å². The van der Waals surface area contributed by atoms with Gasteiger partial charge in [0.2, 0.25) is 0 Å². The predicted molar refractivity (Wildman–Crippen MR) is 71.3 cm³/mol. The zero-order valence-corrected chi connectivity index (χ0v) is 10.7. The summed E-state index contributed by atoms with van der Waals surface area (Å²) in [4.78, 5) is 22.3. The number of amides is 1. The number of carbonyl (C=O) groups is 1. The molecule has 0 atom stereocenters. The van der Waals surface area contributed by atoms with Gasteiger partial charge in [0, 0.05) is 31.0 Å². The molecule has 0 aliphatic carbocycles. The fraction of sp³-hybridized carbons (Fsp3) is 0.286. The van der Waals surface area contributed by atoms with E-state index in [4.69, 9.17) is 5.26 Å². The van der Waals surface area contributed by atoms with E-state index in [1.54, 1.807) is 35.5 Å². The number of rotatable bonds is 4. The maximum absolute atomic E-state index is 12.3. The highest BCUT2D eigenvalue weighted by atomic mass is 16.2. The molecule has 19 heavy (non-hydrogen) atoms. The largest absolute Gasteiger partial charge is 0.338 e. The van der Waals surface area contributed by atoms with Gasteiger partial charge in [-0.3, -0.25) is 14.8 Å². The number of nitrogens with zero attached hydrogens (tertiary/aromatic N) is 4. The second kappa shape index (κ2) is 5.91. The second-order valence-corrected chi connectivity index (χ2v) is 4.05. The van der Waals surface area contributed by atoms with Crippen molar-refractivity contribution >= 4 is 16.9 Å². The highest BCUT2D eigenvalue weighted by Gasteiger charge is 2.14. The van der Waals surface area contributed by atoms with E-state index in [2.05, 4.69) is 16.0 Å². The normalized spacial score (nSPS) is 10.1. The van der Waals surface area contributed by atoms with Crippen LogP contribution in [-0.4, -0.2) is 33.9 Å². The highest BCUT2D eigenvalue weighted by Crippen LogP contribution is 2.13. The number of hydrogen-bond acceptors (Lipinski definition) is 4. The molecule has 0 radical (unpaired) electrons. The van der Waals surface area contributed by atoms with E-state index >= 15 is 0 Å². The zero-order valence-electron chi connectivity index (χ0n) is 10.7. The molecular weight excluding hydrogens is 240 g/mol. The molecule has 96 valence electrons. The lowest BCUT2D eigenvalue weighted by Gasteiger charge is -2.19. The molecule has 1 heterocycles. The molecule has 0 N–H and O–H groups in total. The Morgan fingerprint density at radius 3 is 2.74 bits per heavy atom.